The molecule has 2 aromatic rings. The van der Waals surface area contributed by atoms with Crippen molar-refractivity contribution < 1.29 is 19.0 Å². The Kier molecular flexibility index (Phi) is 5.46. The molecule has 2 aromatic carbocycles. The van der Waals surface area contributed by atoms with Gasteiger partial charge in [-0.2, -0.15) is 0 Å². The molecule has 0 aromatic heterocycles. The van der Waals surface area contributed by atoms with Crippen LogP contribution in [-0.4, -0.2) is 26.4 Å². The highest BCUT2D eigenvalue weighted by atomic mass is 35.5. The molecule has 0 spiro atoms. The van der Waals surface area contributed by atoms with Crippen LogP contribution in [-0.2, 0) is 11.2 Å². The minimum Gasteiger partial charge on any atom is -0.497 e. The standard InChI is InChI=1S/C19H18ClNO4/c1-23-15-5-2-13(3-6-15)8-9-21-18(22)7-4-14-10-16(20)19-17(11-14)24-12-25-19/h2-7,10-11H,8-9,12H2,1H3,(H,21,22)/b7-4+. The molecule has 0 unspecified atom stereocenters. The highest BCUT2D eigenvalue weighted by molar-refractivity contribution is 6.32. The zero-order chi connectivity index (χ0) is 17.6. The maximum atomic E-state index is 11.9. The molecule has 0 radical (unpaired) electrons. The third kappa shape index (κ3) is 4.45. The highest BCUT2D eigenvalue weighted by Crippen LogP contribution is 2.40. The number of amides is 1. The molecular weight excluding hydrogens is 342 g/mol. The van der Waals surface area contributed by atoms with Gasteiger partial charge in [-0.15, -0.1) is 0 Å². The van der Waals surface area contributed by atoms with E-state index in [2.05, 4.69) is 5.32 Å². The van der Waals surface area contributed by atoms with Crippen LogP contribution in [0.4, 0.5) is 0 Å². The van der Waals surface area contributed by atoms with Crippen molar-refractivity contribution in [2.24, 2.45) is 0 Å². The van der Waals surface area contributed by atoms with Crippen molar-refractivity contribution in [2.75, 3.05) is 20.4 Å². The Labute approximate surface area is 151 Å². The summed E-state index contributed by atoms with van der Waals surface area (Å²) in [5.41, 5.74) is 1.91. The number of halogens is 1. The summed E-state index contributed by atoms with van der Waals surface area (Å²) in [6.45, 7) is 0.714. The molecule has 1 aliphatic heterocycles. The van der Waals surface area contributed by atoms with Crippen molar-refractivity contribution in [1.82, 2.24) is 5.32 Å². The van der Waals surface area contributed by atoms with Gasteiger partial charge >= 0.3 is 0 Å². The van der Waals surface area contributed by atoms with E-state index in [0.717, 1.165) is 23.3 Å². The Morgan fingerprint density at radius 3 is 2.84 bits per heavy atom. The molecule has 1 N–H and O–H groups in total. The van der Waals surface area contributed by atoms with Crippen LogP contribution in [0.15, 0.2) is 42.5 Å². The zero-order valence-corrected chi connectivity index (χ0v) is 14.5. The molecule has 5 nitrogen and oxygen atoms in total. The fourth-order valence-corrected chi connectivity index (χ4v) is 2.71. The lowest BCUT2D eigenvalue weighted by Crippen LogP contribution is -2.23. The first-order valence-electron chi connectivity index (χ1n) is 7.83. The van der Waals surface area contributed by atoms with E-state index in [-0.39, 0.29) is 12.7 Å². The van der Waals surface area contributed by atoms with Crippen molar-refractivity contribution in [3.8, 4) is 17.2 Å². The Morgan fingerprint density at radius 2 is 2.08 bits per heavy atom. The molecule has 25 heavy (non-hydrogen) atoms. The van der Waals surface area contributed by atoms with Gasteiger partial charge in [0, 0.05) is 12.6 Å². The Hall–Kier alpha value is -2.66. The summed E-state index contributed by atoms with van der Waals surface area (Å²) in [4.78, 5) is 11.9. The van der Waals surface area contributed by atoms with Gasteiger partial charge in [-0.3, -0.25) is 4.79 Å². The van der Waals surface area contributed by atoms with Crippen molar-refractivity contribution in [3.63, 3.8) is 0 Å². The average molecular weight is 360 g/mol. The van der Waals surface area contributed by atoms with E-state index >= 15 is 0 Å². The summed E-state index contributed by atoms with van der Waals surface area (Å²) in [5.74, 6) is 1.79. The van der Waals surface area contributed by atoms with Crippen LogP contribution in [0.1, 0.15) is 11.1 Å². The minimum atomic E-state index is -0.165. The SMILES string of the molecule is COc1ccc(CCNC(=O)/C=C/c2cc(Cl)c3c(c2)OCO3)cc1. The zero-order valence-electron chi connectivity index (χ0n) is 13.8. The highest BCUT2D eigenvalue weighted by Gasteiger charge is 2.17. The summed E-state index contributed by atoms with van der Waals surface area (Å²) in [6, 6.07) is 11.3. The molecule has 1 heterocycles. The van der Waals surface area contributed by atoms with E-state index in [1.54, 1.807) is 25.3 Å². The van der Waals surface area contributed by atoms with E-state index < -0.39 is 0 Å². The quantitative estimate of drug-likeness (QED) is 0.803. The molecule has 6 heteroatoms. The van der Waals surface area contributed by atoms with Gasteiger partial charge in [0.05, 0.1) is 12.1 Å². The average Bonchev–Trinajstić information content (AvgIpc) is 3.10. The number of hydrogen-bond acceptors (Lipinski definition) is 4. The van der Waals surface area contributed by atoms with E-state index in [1.165, 1.54) is 6.08 Å². The second kappa shape index (κ2) is 7.94. The van der Waals surface area contributed by atoms with Gasteiger partial charge in [0.1, 0.15) is 5.75 Å². The van der Waals surface area contributed by atoms with Gasteiger partial charge in [0.25, 0.3) is 0 Å². The number of fused-ring (bicyclic) bond motifs is 1. The maximum absolute atomic E-state index is 11.9. The molecule has 0 aliphatic carbocycles. The fraction of sp³-hybridized carbons (Fsp3) is 0.211. The minimum absolute atomic E-state index is 0.161. The maximum Gasteiger partial charge on any atom is 0.244 e. The number of ether oxygens (including phenoxy) is 3. The molecule has 130 valence electrons. The van der Waals surface area contributed by atoms with Gasteiger partial charge in [0.2, 0.25) is 12.7 Å². The number of rotatable bonds is 6. The summed E-state index contributed by atoms with van der Waals surface area (Å²) in [7, 11) is 1.63. The van der Waals surface area contributed by atoms with Crippen molar-refractivity contribution in [2.45, 2.75) is 6.42 Å². The number of carbonyl (C=O) groups excluding carboxylic acids is 1. The lowest BCUT2D eigenvalue weighted by Gasteiger charge is -2.04. The van der Waals surface area contributed by atoms with Gasteiger partial charge in [-0.05, 0) is 47.9 Å². The van der Waals surface area contributed by atoms with E-state index in [4.69, 9.17) is 25.8 Å². The van der Waals surface area contributed by atoms with E-state index in [9.17, 15) is 4.79 Å². The molecular formula is C19H18ClNO4. The predicted octanol–water partition coefficient (Wildman–Crippen LogP) is 3.45. The second-order valence-corrected chi connectivity index (χ2v) is 5.87. The van der Waals surface area contributed by atoms with Gasteiger partial charge in [0.15, 0.2) is 11.5 Å². The molecule has 0 saturated heterocycles. The van der Waals surface area contributed by atoms with Crippen molar-refractivity contribution in [1.29, 1.82) is 0 Å². The van der Waals surface area contributed by atoms with Gasteiger partial charge in [-0.1, -0.05) is 23.7 Å². The molecule has 0 atom stereocenters. The topological polar surface area (TPSA) is 56.8 Å². The third-order valence-corrected chi connectivity index (χ3v) is 4.03. The Morgan fingerprint density at radius 1 is 1.28 bits per heavy atom. The number of carbonyl (C=O) groups is 1. The molecule has 0 bridgehead atoms. The van der Waals surface area contributed by atoms with Crippen LogP contribution in [0.25, 0.3) is 6.08 Å². The molecule has 1 aliphatic rings. The van der Waals surface area contributed by atoms with Gasteiger partial charge in [-0.25, -0.2) is 0 Å². The van der Waals surface area contributed by atoms with Crippen LogP contribution in [0.2, 0.25) is 5.02 Å². The number of benzene rings is 2. The summed E-state index contributed by atoms with van der Waals surface area (Å²) in [6.07, 6.45) is 3.91. The lowest BCUT2D eigenvalue weighted by molar-refractivity contribution is -0.116. The van der Waals surface area contributed by atoms with Crippen LogP contribution in [0.3, 0.4) is 0 Å². The third-order valence-electron chi connectivity index (χ3n) is 3.75. The predicted molar refractivity (Wildman–Crippen MR) is 96.3 cm³/mol. The van der Waals surface area contributed by atoms with Crippen molar-refractivity contribution in [3.05, 3.63) is 58.6 Å². The van der Waals surface area contributed by atoms with Crippen LogP contribution in [0, 0.1) is 0 Å². The van der Waals surface area contributed by atoms with Crippen LogP contribution in [0.5, 0.6) is 17.2 Å². The second-order valence-electron chi connectivity index (χ2n) is 5.46. The normalized spacial score (nSPS) is 12.4. The van der Waals surface area contributed by atoms with Crippen LogP contribution >= 0.6 is 11.6 Å². The van der Waals surface area contributed by atoms with Gasteiger partial charge < -0.3 is 19.5 Å². The van der Waals surface area contributed by atoms with Crippen molar-refractivity contribution >= 4 is 23.6 Å². The van der Waals surface area contributed by atoms with E-state index in [1.807, 2.05) is 24.3 Å². The summed E-state index contributed by atoms with van der Waals surface area (Å²) in [5, 5.41) is 3.32. The fourth-order valence-electron chi connectivity index (χ4n) is 2.44. The first kappa shape index (κ1) is 17.2. The first-order chi connectivity index (χ1) is 12.2. The monoisotopic (exact) mass is 359 g/mol. The number of methoxy groups -OCH3 is 1. The lowest BCUT2D eigenvalue weighted by atomic mass is 10.1. The largest absolute Gasteiger partial charge is 0.497 e. The number of hydrogen-bond donors (Lipinski definition) is 1. The van der Waals surface area contributed by atoms with Crippen LogP contribution < -0.4 is 19.5 Å². The summed E-state index contributed by atoms with van der Waals surface area (Å²) >= 11 is 6.11. The summed E-state index contributed by atoms with van der Waals surface area (Å²) < 4.78 is 15.7. The Bertz CT molecular complexity index is 787. The first-order valence-corrected chi connectivity index (χ1v) is 8.21. The molecule has 1 amide bonds. The Balaban J connectivity index is 1.50. The smallest absolute Gasteiger partial charge is 0.244 e. The number of nitrogens with one attached hydrogen (secondary N) is 1. The molecule has 3 rings (SSSR count). The molecule has 0 fully saturated rings. The molecule has 0 saturated carbocycles. The van der Waals surface area contributed by atoms with E-state index in [0.29, 0.717) is 23.1 Å².